The molecule has 0 aliphatic carbocycles. The molecule has 0 radical (unpaired) electrons. The molecule has 0 aromatic carbocycles. The van der Waals surface area contributed by atoms with Gasteiger partial charge in [0.25, 0.3) is 5.91 Å². The third-order valence-corrected chi connectivity index (χ3v) is 2.00. The smallest absolute Gasteiger partial charge is 0.272 e. The van der Waals surface area contributed by atoms with Crippen molar-refractivity contribution in [2.75, 3.05) is 13.6 Å². The molecule has 4 heteroatoms. The standard InChI is InChI=1S/C11H13N3O/c1-9(7-12)8-14(2)11(15)10-5-3-4-6-13-10/h3-6,9H,8H2,1-2H3. The quantitative estimate of drug-likeness (QED) is 0.744. The highest BCUT2D eigenvalue weighted by Crippen LogP contribution is 2.02. The molecule has 4 nitrogen and oxygen atoms in total. The van der Waals surface area contributed by atoms with Crippen molar-refractivity contribution >= 4 is 5.91 Å². The molecule has 1 aromatic rings. The van der Waals surface area contributed by atoms with E-state index in [0.29, 0.717) is 12.2 Å². The van der Waals surface area contributed by atoms with Gasteiger partial charge in [0, 0.05) is 19.8 Å². The van der Waals surface area contributed by atoms with Crippen LogP contribution in [0.3, 0.4) is 0 Å². The number of nitriles is 1. The lowest BCUT2D eigenvalue weighted by molar-refractivity contribution is 0.0779. The van der Waals surface area contributed by atoms with E-state index in [1.54, 1.807) is 38.4 Å². The van der Waals surface area contributed by atoms with Crippen LogP contribution in [0.4, 0.5) is 0 Å². The van der Waals surface area contributed by atoms with Gasteiger partial charge in [0.1, 0.15) is 5.69 Å². The molecule has 1 heterocycles. The van der Waals surface area contributed by atoms with E-state index >= 15 is 0 Å². The fourth-order valence-corrected chi connectivity index (χ4v) is 1.22. The van der Waals surface area contributed by atoms with Crippen LogP contribution in [0.15, 0.2) is 24.4 Å². The van der Waals surface area contributed by atoms with Crippen LogP contribution < -0.4 is 0 Å². The first-order valence-electron chi connectivity index (χ1n) is 4.71. The fourth-order valence-electron chi connectivity index (χ4n) is 1.22. The molecular formula is C11H13N3O. The lowest BCUT2D eigenvalue weighted by atomic mass is 10.2. The van der Waals surface area contributed by atoms with Crippen LogP contribution in [0.1, 0.15) is 17.4 Å². The molecule has 0 N–H and O–H groups in total. The van der Waals surface area contributed by atoms with Crippen LogP contribution in [0.2, 0.25) is 0 Å². The largest absolute Gasteiger partial charge is 0.339 e. The molecule has 0 saturated carbocycles. The molecule has 0 aliphatic rings. The summed E-state index contributed by atoms with van der Waals surface area (Å²) in [4.78, 5) is 17.2. The molecule has 0 fully saturated rings. The van der Waals surface area contributed by atoms with Gasteiger partial charge in [-0.1, -0.05) is 6.07 Å². The van der Waals surface area contributed by atoms with Crippen LogP contribution in [0.25, 0.3) is 0 Å². The Morgan fingerprint density at radius 2 is 2.40 bits per heavy atom. The summed E-state index contributed by atoms with van der Waals surface area (Å²) >= 11 is 0. The minimum atomic E-state index is -0.164. The maximum absolute atomic E-state index is 11.8. The van der Waals surface area contributed by atoms with Crippen molar-refractivity contribution in [3.05, 3.63) is 30.1 Å². The van der Waals surface area contributed by atoms with E-state index in [4.69, 9.17) is 5.26 Å². The van der Waals surface area contributed by atoms with Gasteiger partial charge < -0.3 is 4.90 Å². The Bertz CT molecular complexity index is 369. The molecule has 0 saturated heterocycles. The monoisotopic (exact) mass is 203 g/mol. The van der Waals surface area contributed by atoms with Crippen LogP contribution in [-0.2, 0) is 0 Å². The molecule has 1 atom stereocenters. The van der Waals surface area contributed by atoms with Crippen molar-refractivity contribution < 1.29 is 4.79 Å². The molecule has 1 aromatic heterocycles. The lowest BCUT2D eigenvalue weighted by Crippen LogP contribution is -2.31. The molecule has 1 unspecified atom stereocenters. The van der Waals surface area contributed by atoms with Crippen molar-refractivity contribution in [2.24, 2.45) is 5.92 Å². The van der Waals surface area contributed by atoms with Crippen molar-refractivity contribution in [3.8, 4) is 6.07 Å². The predicted octanol–water partition coefficient (Wildman–Crippen LogP) is 1.31. The van der Waals surface area contributed by atoms with Gasteiger partial charge in [-0.2, -0.15) is 5.26 Å². The van der Waals surface area contributed by atoms with E-state index in [1.165, 1.54) is 4.90 Å². The Kier molecular flexibility index (Phi) is 3.81. The topological polar surface area (TPSA) is 57.0 Å². The number of pyridine rings is 1. The minimum Gasteiger partial charge on any atom is -0.339 e. The second-order valence-electron chi connectivity index (χ2n) is 3.43. The summed E-state index contributed by atoms with van der Waals surface area (Å²) in [5.41, 5.74) is 0.408. The Balaban J connectivity index is 2.66. The average molecular weight is 203 g/mol. The molecule has 15 heavy (non-hydrogen) atoms. The van der Waals surface area contributed by atoms with Crippen molar-refractivity contribution in [3.63, 3.8) is 0 Å². The van der Waals surface area contributed by atoms with Crippen molar-refractivity contribution in [2.45, 2.75) is 6.92 Å². The van der Waals surface area contributed by atoms with Crippen molar-refractivity contribution in [1.82, 2.24) is 9.88 Å². The zero-order valence-corrected chi connectivity index (χ0v) is 8.84. The molecule has 78 valence electrons. The summed E-state index contributed by atoms with van der Waals surface area (Å²) in [7, 11) is 1.67. The second-order valence-corrected chi connectivity index (χ2v) is 3.43. The number of carbonyl (C=O) groups is 1. The van der Waals surface area contributed by atoms with Crippen LogP contribution in [-0.4, -0.2) is 29.4 Å². The summed E-state index contributed by atoms with van der Waals surface area (Å²) in [6, 6.07) is 7.27. The van der Waals surface area contributed by atoms with Gasteiger partial charge in [-0.15, -0.1) is 0 Å². The normalized spacial score (nSPS) is 11.5. The summed E-state index contributed by atoms with van der Waals surface area (Å²) in [6.07, 6.45) is 1.58. The molecule has 1 rings (SSSR count). The van der Waals surface area contributed by atoms with Crippen LogP contribution >= 0.6 is 0 Å². The van der Waals surface area contributed by atoms with Crippen LogP contribution in [0.5, 0.6) is 0 Å². The van der Waals surface area contributed by atoms with Gasteiger partial charge in [-0.3, -0.25) is 9.78 Å². The highest BCUT2D eigenvalue weighted by atomic mass is 16.2. The van der Waals surface area contributed by atoms with E-state index < -0.39 is 0 Å². The van der Waals surface area contributed by atoms with Gasteiger partial charge in [-0.05, 0) is 19.1 Å². The first-order valence-corrected chi connectivity index (χ1v) is 4.71. The zero-order chi connectivity index (χ0) is 11.3. The second kappa shape index (κ2) is 5.11. The number of nitrogens with zero attached hydrogens (tertiary/aromatic N) is 3. The maximum Gasteiger partial charge on any atom is 0.272 e. The van der Waals surface area contributed by atoms with Gasteiger partial charge in [0.15, 0.2) is 0 Å². The summed E-state index contributed by atoms with van der Waals surface area (Å²) < 4.78 is 0. The first kappa shape index (κ1) is 11.2. The number of carbonyl (C=O) groups excluding carboxylic acids is 1. The number of aromatic nitrogens is 1. The van der Waals surface area contributed by atoms with E-state index in [9.17, 15) is 4.79 Å². The highest BCUT2D eigenvalue weighted by molar-refractivity contribution is 5.92. The molecule has 0 spiro atoms. The van der Waals surface area contributed by atoms with Gasteiger partial charge in [-0.25, -0.2) is 0 Å². The van der Waals surface area contributed by atoms with Gasteiger partial charge in [0.05, 0.1) is 12.0 Å². The Morgan fingerprint density at radius 3 is 2.93 bits per heavy atom. The number of amides is 1. The highest BCUT2D eigenvalue weighted by Gasteiger charge is 2.14. The zero-order valence-electron chi connectivity index (χ0n) is 8.84. The van der Waals surface area contributed by atoms with Gasteiger partial charge in [0.2, 0.25) is 0 Å². The lowest BCUT2D eigenvalue weighted by Gasteiger charge is -2.17. The van der Waals surface area contributed by atoms with Crippen LogP contribution in [0, 0.1) is 17.2 Å². The Labute approximate surface area is 89.2 Å². The number of hydrogen-bond donors (Lipinski definition) is 0. The predicted molar refractivity (Wildman–Crippen MR) is 56.0 cm³/mol. The summed E-state index contributed by atoms with van der Waals surface area (Å²) in [5, 5.41) is 8.63. The molecular weight excluding hydrogens is 190 g/mol. The fraction of sp³-hybridized carbons (Fsp3) is 0.364. The van der Waals surface area contributed by atoms with E-state index in [1.807, 2.05) is 0 Å². The van der Waals surface area contributed by atoms with E-state index in [2.05, 4.69) is 11.1 Å². The summed E-state index contributed by atoms with van der Waals surface area (Å²) in [5.74, 6) is -0.319. The molecule has 1 amide bonds. The number of rotatable bonds is 3. The third kappa shape index (κ3) is 3.06. The van der Waals surface area contributed by atoms with Crippen molar-refractivity contribution in [1.29, 1.82) is 5.26 Å². The SMILES string of the molecule is CC(C#N)CN(C)C(=O)c1ccccn1. The van der Waals surface area contributed by atoms with Gasteiger partial charge >= 0.3 is 0 Å². The minimum absolute atomic E-state index is 0.155. The average Bonchev–Trinajstić information content (AvgIpc) is 2.29. The van der Waals surface area contributed by atoms with E-state index in [-0.39, 0.29) is 11.8 Å². The first-order chi connectivity index (χ1) is 7.15. The summed E-state index contributed by atoms with van der Waals surface area (Å²) in [6.45, 7) is 2.20. The Hall–Kier alpha value is -1.89. The maximum atomic E-state index is 11.8. The number of hydrogen-bond acceptors (Lipinski definition) is 3. The molecule has 0 aliphatic heterocycles. The van der Waals surface area contributed by atoms with E-state index in [0.717, 1.165) is 0 Å². The Morgan fingerprint density at radius 1 is 1.67 bits per heavy atom. The molecule has 0 bridgehead atoms. The third-order valence-electron chi connectivity index (χ3n) is 2.00.